The smallest absolute Gasteiger partial charge is 0.242 e. The molecule has 1 aliphatic carbocycles. The molecule has 4 rings (SSSR count). The predicted molar refractivity (Wildman–Crippen MR) is 99.4 cm³/mol. The molecular weight excluding hydrogens is 354 g/mol. The molecule has 1 amide bonds. The van der Waals surface area contributed by atoms with E-state index in [1.807, 2.05) is 39.1 Å². The van der Waals surface area contributed by atoms with Crippen LogP contribution in [-0.4, -0.2) is 44.3 Å². The first-order valence-corrected chi connectivity index (χ1v) is 8.96. The maximum absolute atomic E-state index is 13.1. The van der Waals surface area contributed by atoms with E-state index in [1.165, 1.54) is 5.01 Å². The summed E-state index contributed by atoms with van der Waals surface area (Å²) in [5.74, 6) is 11.7. The molecule has 2 heterocycles. The van der Waals surface area contributed by atoms with Crippen LogP contribution in [0.25, 0.3) is 10.9 Å². The van der Waals surface area contributed by atoms with Crippen molar-refractivity contribution in [2.75, 3.05) is 13.1 Å². The normalized spacial score (nSPS) is 28.4. The van der Waals surface area contributed by atoms with E-state index < -0.39 is 11.1 Å². The van der Waals surface area contributed by atoms with Crippen molar-refractivity contribution < 1.29 is 4.79 Å². The van der Waals surface area contributed by atoms with Crippen molar-refractivity contribution >= 4 is 28.4 Å². The molecule has 9 heteroatoms. The van der Waals surface area contributed by atoms with E-state index in [-0.39, 0.29) is 17.7 Å². The number of piperidine rings is 1. The van der Waals surface area contributed by atoms with Gasteiger partial charge in [-0.2, -0.15) is 5.10 Å². The zero-order valence-electron chi connectivity index (χ0n) is 15.1. The molecule has 2 fully saturated rings. The monoisotopic (exact) mass is 377 g/mol. The summed E-state index contributed by atoms with van der Waals surface area (Å²) in [4.78, 5) is 13.1. The SMILES string of the molecule is Cn1nc(C(C)(C)N(N)C(=O)[C@@H]2[C@H]3CN(N)C[C@]32N)c2cccc(Cl)c21. The van der Waals surface area contributed by atoms with Crippen molar-refractivity contribution in [3.8, 4) is 0 Å². The number of benzene rings is 1. The number of hydrogen-bond donors (Lipinski definition) is 3. The van der Waals surface area contributed by atoms with E-state index in [9.17, 15) is 4.79 Å². The molecule has 1 aromatic carbocycles. The Bertz CT molecular complexity index is 910. The topological polar surface area (TPSA) is 119 Å². The lowest BCUT2D eigenvalue weighted by atomic mass is 9.95. The Morgan fingerprint density at radius 3 is 2.77 bits per heavy atom. The van der Waals surface area contributed by atoms with Crippen LogP contribution in [0.3, 0.4) is 0 Å². The largest absolute Gasteiger partial charge is 0.323 e. The van der Waals surface area contributed by atoms with Gasteiger partial charge in [0, 0.05) is 37.0 Å². The minimum absolute atomic E-state index is 0.0526. The molecule has 6 N–H and O–H groups in total. The second-order valence-corrected chi connectivity index (χ2v) is 8.41. The van der Waals surface area contributed by atoms with Gasteiger partial charge in [0.05, 0.1) is 27.7 Å². The number of rotatable bonds is 3. The Kier molecular flexibility index (Phi) is 3.67. The highest BCUT2D eigenvalue weighted by atomic mass is 35.5. The first-order chi connectivity index (χ1) is 12.1. The number of fused-ring (bicyclic) bond motifs is 2. The number of aromatic nitrogens is 2. The molecule has 2 aromatic rings. The van der Waals surface area contributed by atoms with Crippen LogP contribution in [0.4, 0.5) is 0 Å². The summed E-state index contributed by atoms with van der Waals surface area (Å²) < 4.78 is 1.72. The summed E-state index contributed by atoms with van der Waals surface area (Å²) in [6.07, 6.45) is 0. The lowest BCUT2D eigenvalue weighted by Crippen LogP contribution is -2.54. The van der Waals surface area contributed by atoms with Crippen LogP contribution in [0.1, 0.15) is 19.5 Å². The predicted octanol–water partition coefficient (Wildman–Crippen LogP) is 0.297. The van der Waals surface area contributed by atoms with Crippen molar-refractivity contribution in [3.05, 3.63) is 28.9 Å². The number of hydrogen-bond acceptors (Lipinski definition) is 6. The molecule has 0 bridgehead atoms. The molecule has 0 radical (unpaired) electrons. The Morgan fingerprint density at radius 2 is 2.15 bits per heavy atom. The number of nitrogens with zero attached hydrogens (tertiary/aromatic N) is 4. The molecule has 8 nitrogen and oxygen atoms in total. The van der Waals surface area contributed by atoms with Gasteiger partial charge in [0.1, 0.15) is 0 Å². The van der Waals surface area contributed by atoms with Gasteiger partial charge in [-0.05, 0) is 19.9 Å². The van der Waals surface area contributed by atoms with E-state index in [0.717, 1.165) is 10.9 Å². The van der Waals surface area contributed by atoms with Crippen LogP contribution in [0, 0.1) is 11.8 Å². The third-order valence-electron chi connectivity index (χ3n) is 5.97. The number of amides is 1. The van der Waals surface area contributed by atoms with Gasteiger partial charge in [-0.25, -0.2) is 10.9 Å². The number of para-hydroxylation sites is 1. The van der Waals surface area contributed by atoms with Crippen molar-refractivity contribution in [3.63, 3.8) is 0 Å². The summed E-state index contributed by atoms with van der Waals surface area (Å²) in [5, 5.41) is 9.02. The fourth-order valence-electron chi connectivity index (χ4n) is 4.38. The molecule has 3 atom stereocenters. The fourth-order valence-corrected chi connectivity index (χ4v) is 4.68. The number of hydrazine groups is 2. The first kappa shape index (κ1) is 17.7. The van der Waals surface area contributed by atoms with E-state index in [4.69, 9.17) is 29.0 Å². The zero-order chi connectivity index (χ0) is 19.0. The number of aryl methyl sites for hydroxylation is 1. The lowest BCUT2D eigenvalue weighted by molar-refractivity contribution is -0.140. The van der Waals surface area contributed by atoms with Crippen LogP contribution < -0.4 is 17.4 Å². The van der Waals surface area contributed by atoms with Gasteiger partial charge in [-0.3, -0.25) is 20.3 Å². The number of halogens is 1. The van der Waals surface area contributed by atoms with Gasteiger partial charge in [0.25, 0.3) is 0 Å². The molecule has 1 aromatic heterocycles. The molecule has 1 saturated carbocycles. The van der Waals surface area contributed by atoms with Crippen molar-refractivity contribution in [2.24, 2.45) is 36.3 Å². The van der Waals surface area contributed by atoms with Gasteiger partial charge < -0.3 is 5.73 Å². The first-order valence-electron chi connectivity index (χ1n) is 8.58. The summed E-state index contributed by atoms with van der Waals surface area (Å²) in [7, 11) is 1.83. The van der Waals surface area contributed by atoms with Crippen LogP contribution in [0.2, 0.25) is 5.02 Å². The van der Waals surface area contributed by atoms with E-state index >= 15 is 0 Å². The summed E-state index contributed by atoms with van der Waals surface area (Å²) in [6.45, 7) is 4.88. The van der Waals surface area contributed by atoms with Crippen LogP contribution in [0.5, 0.6) is 0 Å². The van der Waals surface area contributed by atoms with Crippen molar-refractivity contribution in [1.29, 1.82) is 0 Å². The summed E-state index contributed by atoms with van der Waals surface area (Å²) >= 11 is 6.32. The second-order valence-electron chi connectivity index (χ2n) is 8.00. The van der Waals surface area contributed by atoms with E-state index in [0.29, 0.717) is 23.8 Å². The summed E-state index contributed by atoms with van der Waals surface area (Å²) in [5.41, 5.74) is 6.48. The molecule has 0 unspecified atom stereocenters. The van der Waals surface area contributed by atoms with Gasteiger partial charge >= 0.3 is 0 Å². The molecular formula is C17H24ClN7O. The van der Waals surface area contributed by atoms with E-state index in [1.54, 1.807) is 9.69 Å². The second kappa shape index (κ2) is 5.40. The fraction of sp³-hybridized carbons (Fsp3) is 0.529. The van der Waals surface area contributed by atoms with Gasteiger partial charge in [-0.1, -0.05) is 23.7 Å². The highest BCUT2D eigenvalue weighted by molar-refractivity contribution is 6.35. The van der Waals surface area contributed by atoms with Crippen LogP contribution in [0.15, 0.2) is 18.2 Å². The highest BCUT2D eigenvalue weighted by Gasteiger charge is 2.70. The standard InChI is InChI=1S/C17H24ClN7O/c1-16(2,14-9-5-4-6-11(18)13(9)23(3)22-14)25(21)15(26)12-10-7-24(20)8-17(10,12)19/h4-6,10,12H,7-8,19-21H2,1-3H3/t10-,12+,17+/m1/s1. The molecule has 26 heavy (non-hydrogen) atoms. The Labute approximate surface area is 156 Å². The van der Waals surface area contributed by atoms with E-state index in [2.05, 4.69) is 5.10 Å². The third kappa shape index (κ3) is 2.23. The minimum atomic E-state index is -0.822. The summed E-state index contributed by atoms with van der Waals surface area (Å²) in [6, 6.07) is 5.62. The minimum Gasteiger partial charge on any atom is -0.323 e. The van der Waals surface area contributed by atoms with Gasteiger partial charge in [-0.15, -0.1) is 0 Å². The van der Waals surface area contributed by atoms with Gasteiger partial charge in [0.15, 0.2) is 0 Å². The average Bonchev–Trinajstić information content (AvgIpc) is 2.83. The maximum atomic E-state index is 13.1. The Morgan fingerprint density at radius 1 is 1.46 bits per heavy atom. The van der Waals surface area contributed by atoms with Crippen molar-refractivity contribution in [1.82, 2.24) is 19.8 Å². The highest BCUT2D eigenvalue weighted by Crippen LogP contribution is 2.54. The van der Waals surface area contributed by atoms with Crippen molar-refractivity contribution in [2.45, 2.75) is 24.9 Å². The Balaban J connectivity index is 1.67. The molecule has 0 spiro atoms. The van der Waals surface area contributed by atoms with Gasteiger partial charge in [0.2, 0.25) is 5.91 Å². The number of carbonyl (C=O) groups is 1. The average molecular weight is 378 g/mol. The molecule has 2 aliphatic rings. The molecule has 1 aliphatic heterocycles. The van der Waals surface area contributed by atoms with Crippen LogP contribution >= 0.6 is 11.6 Å². The van der Waals surface area contributed by atoms with Crippen LogP contribution in [-0.2, 0) is 17.4 Å². The number of nitrogens with two attached hydrogens (primary N) is 3. The lowest BCUT2D eigenvalue weighted by Gasteiger charge is -2.34. The molecule has 1 saturated heterocycles. The number of carbonyl (C=O) groups excluding carboxylic acids is 1. The zero-order valence-corrected chi connectivity index (χ0v) is 15.9. The maximum Gasteiger partial charge on any atom is 0.242 e. The Hall–Kier alpha value is -1.71. The third-order valence-corrected chi connectivity index (χ3v) is 6.28. The quantitative estimate of drug-likeness (QED) is 0.402. The molecule has 140 valence electrons.